The Balaban J connectivity index is 0.00000121. The SMILES string of the molecule is CC(F)N1CCC(O)[C@H](O)C1.Cl. The first-order valence-corrected chi connectivity index (χ1v) is 3.85. The normalized spacial score (nSPS) is 34.0. The number of hydrogen-bond donors (Lipinski definition) is 2. The molecule has 0 aromatic carbocycles. The first kappa shape index (κ1) is 12.1. The molecule has 5 heteroatoms. The molecular weight excluding hydrogens is 185 g/mol. The summed E-state index contributed by atoms with van der Waals surface area (Å²) in [5.74, 6) is 0. The van der Waals surface area contributed by atoms with Crippen LogP contribution < -0.4 is 0 Å². The molecule has 1 fully saturated rings. The zero-order valence-electron chi connectivity index (χ0n) is 6.98. The molecule has 3 atom stereocenters. The minimum Gasteiger partial charge on any atom is -0.390 e. The molecule has 0 bridgehead atoms. The summed E-state index contributed by atoms with van der Waals surface area (Å²) in [5.41, 5.74) is 0. The van der Waals surface area contributed by atoms with E-state index in [0.717, 1.165) is 0 Å². The molecule has 0 radical (unpaired) electrons. The van der Waals surface area contributed by atoms with Crippen molar-refractivity contribution in [2.24, 2.45) is 0 Å². The minimum absolute atomic E-state index is 0. The van der Waals surface area contributed by atoms with Crippen molar-refractivity contribution in [3.05, 3.63) is 0 Å². The van der Waals surface area contributed by atoms with Crippen LogP contribution >= 0.6 is 12.4 Å². The standard InChI is InChI=1S/C7H14FNO2.ClH/c1-5(8)9-3-2-6(10)7(11)4-9;/h5-7,10-11H,2-4H2,1H3;1H/t5?,6?,7-;/m1./s1. The number of nitrogens with zero attached hydrogens (tertiary/aromatic N) is 1. The summed E-state index contributed by atoms with van der Waals surface area (Å²) in [4.78, 5) is 1.51. The molecule has 2 unspecified atom stereocenters. The maximum atomic E-state index is 12.6. The maximum Gasteiger partial charge on any atom is 0.150 e. The summed E-state index contributed by atoms with van der Waals surface area (Å²) in [5, 5.41) is 18.2. The molecular formula is C7H15ClFNO2. The Morgan fingerprint density at radius 2 is 2.00 bits per heavy atom. The van der Waals surface area contributed by atoms with E-state index >= 15 is 0 Å². The van der Waals surface area contributed by atoms with E-state index in [4.69, 9.17) is 10.2 Å². The topological polar surface area (TPSA) is 43.7 Å². The summed E-state index contributed by atoms with van der Waals surface area (Å²) in [6.07, 6.45) is -2.04. The summed E-state index contributed by atoms with van der Waals surface area (Å²) in [6.45, 7) is 2.19. The zero-order chi connectivity index (χ0) is 8.43. The van der Waals surface area contributed by atoms with Crippen LogP contribution in [0.15, 0.2) is 0 Å². The van der Waals surface area contributed by atoms with Crippen LogP contribution in [-0.2, 0) is 0 Å². The summed E-state index contributed by atoms with van der Waals surface area (Å²) in [6, 6.07) is 0. The Bertz CT molecular complexity index is 137. The number of piperidine rings is 1. The zero-order valence-corrected chi connectivity index (χ0v) is 7.80. The van der Waals surface area contributed by atoms with Crippen molar-refractivity contribution in [1.29, 1.82) is 0 Å². The van der Waals surface area contributed by atoms with Gasteiger partial charge in [-0.15, -0.1) is 12.4 Å². The van der Waals surface area contributed by atoms with E-state index in [9.17, 15) is 4.39 Å². The van der Waals surface area contributed by atoms with Gasteiger partial charge in [-0.3, -0.25) is 4.90 Å². The molecule has 0 amide bonds. The van der Waals surface area contributed by atoms with Crippen molar-refractivity contribution in [2.45, 2.75) is 31.8 Å². The van der Waals surface area contributed by atoms with Gasteiger partial charge >= 0.3 is 0 Å². The fourth-order valence-electron chi connectivity index (χ4n) is 1.27. The van der Waals surface area contributed by atoms with E-state index in [1.54, 1.807) is 0 Å². The van der Waals surface area contributed by atoms with Gasteiger partial charge in [-0.1, -0.05) is 0 Å². The van der Waals surface area contributed by atoms with Gasteiger partial charge in [-0.2, -0.15) is 0 Å². The lowest BCUT2D eigenvalue weighted by Gasteiger charge is -2.33. The Labute approximate surface area is 77.6 Å². The molecule has 2 N–H and O–H groups in total. The molecule has 0 spiro atoms. The highest BCUT2D eigenvalue weighted by Crippen LogP contribution is 2.13. The van der Waals surface area contributed by atoms with Crippen molar-refractivity contribution in [2.75, 3.05) is 13.1 Å². The number of halogens is 2. The molecule has 1 saturated heterocycles. The minimum atomic E-state index is -1.03. The number of aliphatic hydroxyl groups excluding tert-OH is 2. The largest absolute Gasteiger partial charge is 0.390 e. The molecule has 74 valence electrons. The Hall–Kier alpha value is 0.1000. The van der Waals surface area contributed by atoms with Crippen LogP contribution in [0.1, 0.15) is 13.3 Å². The molecule has 1 rings (SSSR count). The highest BCUT2D eigenvalue weighted by molar-refractivity contribution is 5.85. The molecule has 1 aliphatic rings. The van der Waals surface area contributed by atoms with Gasteiger partial charge < -0.3 is 10.2 Å². The molecule has 1 aliphatic heterocycles. The van der Waals surface area contributed by atoms with Gasteiger partial charge in [0.05, 0.1) is 12.2 Å². The fourth-order valence-corrected chi connectivity index (χ4v) is 1.27. The van der Waals surface area contributed by atoms with Crippen LogP contribution in [0.4, 0.5) is 4.39 Å². The highest BCUT2D eigenvalue weighted by atomic mass is 35.5. The fraction of sp³-hybridized carbons (Fsp3) is 1.00. The van der Waals surface area contributed by atoms with Crippen molar-refractivity contribution >= 4 is 12.4 Å². The summed E-state index contributed by atoms with van der Waals surface area (Å²) < 4.78 is 12.6. The van der Waals surface area contributed by atoms with Gasteiger partial charge in [0.15, 0.2) is 6.30 Å². The molecule has 0 saturated carbocycles. The van der Waals surface area contributed by atoms with Crippen LogP contribution in [-0.4, -0.2) is 46.7 Å². The molecule has 12 heavy (non-hydrogen) atoms. The quantitative estimate of drug-likeness (QED) is 0.591. The second kappa shape index (κ2) is 4.97. The predicted octanol–water partition coefficient (Wildman–Crippen LogP) is 0.151. The van der Waals surface area contributed by atoms with Gasteiger partial charge in [0.1, 0.15) is 0 Å². The van der Waals surface area contributed by atoms with E-state index in [1.165, 1.54) is 11.8 Å². The summed E-state index contributed by atoms with van der Waals surface area (Å²) >= 11 is 0. The first-order valence-electron chi connectivity index (χ1n) is 3.85. The number of likely N-dealkylation sites (tertiary alicyclic amines) is 1. The molecule has 0 aromatic heterocycles. The van der Waals surface area contributed by atoms with E-state index in [1.807, 2.05) is 0 Å². The lowest BCUT2D eigenvalue weighted by Crippen LogP contribution is -2.48. The number of hydrogen-bond acceptors (Lipinski definition) is 3. The first-order chi connectivity index (χ1) is 5.11. The lowest BCUT2D eigenvalue weighted by molar-refractivity contribution is -0.0646. The smallest absolute Gasteiger partial charge is 0.150 e. The van der Waals surface area contributed by atoms with Crippen LogP contribution in [0.5, 0.6) is 0 Å². The Morgan fingerprint density at radius 1 is 1.42 bits per heavy atom. The Morgan fingerprint density at radius 3 is 2.42 bits per heavy atom. The average molecular weight is 200 g/mol. The van der Waals surface area contributed by atoms with Gasteiger partial charge in [0.25, 0.3) is 0 Å². The lowest BCUT2D eigenvalue weighted by atomic mass is 10.1. The third-order valence-electron chi connectivity index (χ3n) is 2.08. The van der Waals surface area contributed by atoms with Gasteiger partial charge in [-0.05, 0) is 13.3 Å². The van der Waals surface area contributed by atoms with Crippen LogP contribution in [0, 0.1) is 0 Å². The number of aliphatic hydroxyl groups is 2. The van der Waals surface area contributed by atoms with E-state index < -0.39 is 18.5 Å². The second-order valence-corrected chi connectivity index (χ2v) is 2.99. The van der Waals surface area contributed by atoms with Crippen molar-refractivity contribution in [1.82, 2.24) is 4.90 Å². The number of β-amino-alcohol motifs (C(OH)–C–C–N with tert-alkyl or cyclic N) is 1. The molecule has 0 aliphatic carbocycles. The predicted molar refractivity (Wildman–Crippen MR) is 46.0 cm³/mol. The van der Waals surface area contributed by atoms with Crippen LogP contribution in [0.25, 0.3) is 0 Å². The van der Waals surface area contributed by atoms with Gasteiger partial charge in [-0.25, -0.2) is 4.39 Å². The maximum absolute atomic E-state index is 12.6. The third-order valence-corrected chi connectivity index (χ3v) is 2.08. The molecule has 3 nitrogen and oxygen atoms in total. The van der Waals surface area contributed by atoms with E-state index in [-0.39, 0.29) is 19.0 Å². The number of alkyl halides is 1. The average Bonchev–Trinajstić information content (AvgIpc) is 1.94. The highest BCUT2D eigenvalue weighted by Gasteiger charge is 2.27. The monoisotopic (exact) mass is 199 g/mol. The van der Waals surface area contributed by atoms with Crippen molar-refractivity contribution in [3.8, 4) is 0 Å². The van der Waals surface area contributed by atoms with E-state index in [0.29, 0.717) is 13.0 Å². The Kier molecular flexibility index (Phi) is 5.01. The number of rotatable bonds is 1. The third kappa shape index (κ3) is 2.86. The molecule has 1 heterocycles. The van der Waals surface area contributed by atoms with Crippen LogP contribution in [0.3, 0.4) is 0 Å². The van der Waals surface area contributed by atoms with Crippen molar-refractivity contribution in [3.63, 3.8) is 0 Å². The summed E-state index contributed by atoms with van der Waals surface area (Å²) in [7, 11) is 0. The second-order valence-electron chi connectivity index (χ2n) is 2.99. The van der Waals surface area contributed by atoms with E-state index in [2.05, 4.69) is 0 Å². The van der Waals surface area contributed by atoms with Gasteiger partial charge in [0, 0.05) is 13.1 Å². The van der Waals surface area contributed by atoms with Crippen LogP contribution in [0.2, 0.25) is 0 Å². The van der Waals surface area contributed by atoms with Gasteiger partial charge in [0.2, 0.25) is 0 Å². The van der Waals surface area contributed by atoms with Crippen molar-refractivity contribution < 1.29 is 14.6 Å². The molecule has 0 aromatic rings.